The van der Waals surface area contributed by atoms with Crippen LogP contribution in [0.5, 0.6) is 0 Å². The van der Waals surface area contributed by atoms with Crippen molar-refractivity contribution in [2.24, 2.45) is 0 Å². The minimum Gasteiger partial charge on any atom is -0.550 e. The monoisotopic (exact) mass is 544 g/mol. The van der Waals surface area contributed by atoms with Gasteiger partial charge in [-0.15, -0.1) is 0 Å². The van der Waals surface area contributed by atoms with Crippen molar-refractivity contribution in [1.82, 2.24) is 4.90 Å². The van der Waals surface area contributed by atoms with Gasteiger partial charge in [0.2, 0.25) is 0 Å². The molecule has 0 aliphatic rings. The second kappa shape index (κ2) is 34.2. The zero-order valence-electron chi connectivity index (χ0n) is 27.6. The summed E-state index contributed by atoms with van der Waals surface area (Å²) in [5, 5.41) is 11.3. The van der Waals surface area contributed by atoms with Crippen LogP contribution in [0.25, 0.3) is 0 Å². The molecule has 1 unspecified atom stereocenters. The van der Waals surface area contributed by atoms with Gasteiger partial charge in [0.05, 0.1) is 0 Å². The van der Waals surface area contributed by atoms with E-state index in [9.17, 15) is 9.90 Å². The Labute approximate surface area is 258 Å². The molecule has 0 N–H and O–H groups in total. The van der Waals surface area contributed by atoms with Crippen LogP contribution in [0.15, 0.2) is 0 Å². The maximum atomic E-state index is 11.3. The zero-order chi connectivity index (χ0) is 27.9. The molecule has 0 bridgehead atoms. The molecule has 0 saturated heterocycles. The van der Waals surface area contributed by atoms with Crippen LogP contribution < -0.4 is 24.0 Å². The number of carboxylic acid groups (broad SMARTS) is 1. The molecule has 4 heteroatoms. The van der Waals surface area contributed by atoms with Crippen molar-refractivity contribution in [2.45, 2.75) is 207 Å². The summed E-state index contributed by atoms with van der Waals surface area (Å²) in [7, 11) is 0. The van der Waals surface area contributed by atoms with Gasteiger partial charge in [-0.2, -0.15) is 0 Å². The third-order valence-corrected chi connectivity index (χ3v) is 8.49. The number of aliphatic carboxylic acids is 1. The Morgan fingerprint density at radius 2 is 0.744 bits per heavy atom. The summed E-state index contributed by atoms with van der Waals surface area (Å²) >= 11 is 0. The van der Waals surface area contributed by atoms with Crippen LogP contribution in [0.4, 0.5) is 0 Å². The van der Waals surface area contributed by atoms with Gasteiger partial charge >= 0.3 is 18.9 Å². The first-order valence-electron chi connectivity index (χ1n) is 17.6. The normalized spacial score (nSPS) is 12.1. The summed E-state index contributed by atoms with van der Waals surface area (Å²) in [5.41, 5.74) is 0. The van der Waals surface area contributed by atoms with Gasteiger partial charge in [-0.05, 0) is 32.4 Å². The molecule has 0 saturated carbocycles. The van der Waals surface area contributed by atoms with E-state index in [1.54, 1.807) is 0 Å². The third-order valence-electron chi connectivity index (χ3n) is 8.49. The number of carbonyl (C=O) groups excluding carboxylic acids is 1. The number of hydrogen-bond acceptors (Lipinski definition) is 3. The Bertz CT molecular complexity index is 444. The van der Waals surface area contributed by atoms with E-state index in [1.807, 2.05) is 0 Å². The van der Waals surface area contributed by atoms with Gasteiger partial charge in [0.1, 0.15) is 0 Å². The van der Waals surface area contributed by atoms with E-state index in [0.717, 1.165) is 19.5 Å². The Balaban J connectivity index is 0. The molecule has 39 heavy (non-hydrogen) atoms. The molecule has 228 valence electrons. The molecule has 0 aromatic carbocycles. The second-order valence-corrected chi connectivity index (χ2v) is 12.2. The fraction of sp³-hybridized carbons (Fsp3) is 0.971. The average Bonchev–Trinajstić information content (AvgIpc) is 2.91. The summed E-state index contributed by atoms with van der Waals surface area (Å²) in [6.07, 6.45) is 36.8. The minimum atomic E-state index is -0.891. The molecule has 0 radical (unpaired) electrons. The van der Waals surface area contributed by atoms with Gasteiger partial charge in [-0.1, -0.05) is 175 Å². The quantitative estimate of drug-likeness (QED) is 0.0656. The van der Waals surface area contributed by atoms with Gasteiger partial charge in [-0.25, -0.2) is 0 Å². The fourth-order valence-electron chi connectivity index (χ4n) is 5.87. The van der Waals surface area contributed by atoms with E-state index in [2.05, 4.69) is 25.7 Å². The Hall–Kier alpha value is 0.0274. The number of unbranched alkanes of at least 4 members (excludes halogenated alkanes) is 24. The summed E-state index contributed by atoms with van der Waals surface area (Å²) < 4.78 is 0. The molecule has 3 nitrogen and oxygen atoms in total. The first kappa shape index (κ1) is 41.2. The van der Waals surface area contributed by atoms with Crippen molar-refractivity contribution < 1.29 is 28.8 Å². The Morgan fingerprint density at radius 3 is 0.974 bits per heavy atom. The molecule has 0 aromatic rings. The molecule has 0 spiro atoms. The standard InChI is InChI=1S/C35H71NO2.Li/c1-4-7-9-11-13-15-17-19-21-23-25-27-29-31-36(34(6-3)33-35(37)38)32-30-28-26-24-22-20-18-16-14-12-10-8-5-2;/h34H,4-33H2,1-3H3,(H,37,38);/q;+1/p-1. The zero-order valence-corrected chi connectivity index (χ0v) is 27.6. The van der Waals surface area contributed by atoms with E-state index in [1.165, 1.54) is 167 Å². The van der Waals surface area contributed by atoms with E-state index >= 15 is 0 Å². The molecule has 0 aliphatic heterocycles. The van der Waals surface area contributed by atoms with Crippen molar-refractivity contribution in [1.29, 1.82) is 0 Å². The first-order chi connectivity index (χ1) is 18.7. The molecule has 0 amide bonds. The molecule has 0 rings (SSSR count). The van der Waals surface area contributed by atoms with Gasteiger partial charge < -0.3 is 14.8 Å². The van der Waals surface area contributed by atoms with Crippen LogP contribution in [0, 0.1) is 0 Å². The van der Waals surface area contributed by atoms with E-state index in [0.29, 0.717) is 0 Å². The summed E-state index contributed by atoms with van der Waals surface area (Å²) in [6, 6.07) is 0.148. The fourth-order valence-corrected chi connectivity index (χ4v) is 5.87. The molecule has 0 aliphatic carbocycles. The van der Waals surface area contributed by atoms with Crippen molar-refractivity contribution >= 4 is 5.97 Å². The van der Waals surface area contributed by atoms with Gasteiger partial charge in [0.25, 0.3) is 0 Å². The smallest absolute Gasteiger partial charge is 0.550 e. The minimum absolute atomic E-state index is 0. The predicted octanol–water partition coefficient (Wildman–Crippen LogP) is 7.39. The van der Waals surface area contributed by atoms with Crippen molar-refractivity contribution in [3.05, 3.63) is 0 Å². The maximum Gasteiger partial charge on any atom is 1.00 e. The van der Waals surface area contributed by atoms with Crippen LogP contribution >= 0.6 is 0 Å². The SMILES string of the molecule is CCCCCCCCCCCCCCCN(CCCCCCCCCCCCCCC)C(CC)CC(=O)[O-].[Li+]. The second-order valence-electron chi connectivity index (χ2n) is 12.2. The predicted molar refractivity (Wildman–Crippen MR) is 167 cm³/mol. The molecule has 0 heterocycles. The van der Waals surface area contributed by atoms with Crippen molar-refractivity contribution in [2.75, 3.05) is 13.1 Å². The maximum absolute atomic E-state index is 11.3. The molecule has 0 aromatic heterocycles. The van der Waals surface area contributed by atoms with Gasteiger partial charge in [0.15, 0.2) is 0 Å². The molecular formula is C35H70LiNO2. The number of carbonyl (C=O) groups is 1. The molecular weight excluding hydrogens is 473 g/mol. The molecule has 1 atom stereocenters. The third kappa shape index (κ3) is 30.8. The van der Waals surface area contributed by atoms with Crippen LogP contribution in [-0.2, 0) is 4.79 Å². The Kier molecular flexibility index (Phi) is 36.1. The van der Waals surface area contributed by atoms with Crippen molar-refractivity contribution in [3.63, 3.8) is 0 Å². The van der Waals surface area contributed by atoms with E-state index in [4.69, 9.17) is 0 Å². The number of hydrogen-bond donors (Lipinski definition) is 0. The van der Waals surface area contributed by atoms with E-state index < -0.39 is 5.97 Å². The average molecular weight is 544 g/mol. The first-order valence-corrected chi connectivity index (χ1v) is 17.6. The van der Waals surface area contributed by atoms with Crippen LogP contribution in [0.2, 0.25) is 0 Å². The number of carboxylic acids is 1. The van der Waals surface area contributed by atoms with Crippen LogP contribution in [-0.4, -0.2) is 30.0 Å². The van der Waals surface area contributed by atoms with Gasteiger partial charge in [-0.3, -0.25) is 0 Å². The number of nitrogens with zero attached hydrogens (tertiary/aromatic N) is 1. The van der Waals surface area contributed by atoms with Crippen molar-refractivity contribution in [3.8, 4) is 0 Å². The van der Waals surface area contributed by atoms with Crippen LogP contribution in [0.1, 0.15) is 201 Å². The summed E-state index contributed by atoms with van der Waals surface area (Å²) in [6.45, 7) is 8.82. The number of rotatable bonds is 32. The topological polar surface area (TPSA) is 43.4 Å². The largest absolute Gasteiger partial charge is 1.00 e. The molecule has 0 fully saturated rings. The van der Waals surface area contributed by atoms with Gasteiger partial charge in [0, 0.05) is 18.4 Å². The Morgan fingerprint density at radius 1 is 0.487 bits per heavy atom. The van der Waals surface area contributed by atoms with E-state index in [-0.39, 0.29) is 31.3 Å². The summed E-state index contributed by atoms with van der Waals surface area (Å²) in [5.74, 6) is -0.891. The van der Waals surface area contributed by atoms with Crippen LogP contribution in [0.3, 0.4) is 0 Å². The summed E-state index contributed by atoms with van der Waals surface area (Å²) in [4.78, 5) is 13.8.